The molecule has 1 saturated heterocycles. The second-order valence-corrected chi connectivity index (χ2v) is 18.9. The summed E-state index contributed by atoms with van der Waals surface area (Å²) in [7, 11) is -0.305. The number of carbonyl (C=O) groups is 2. The monoisotopic (exact) mass is 886 g/mol. The second kappa shape index (κ2) is 21.3. The van der Waals surface area contributed by atoms with Crippen molar-refractivity contribution < 1.29 is 37.2 Å². The minimum atomic E-state index is -0.502. The Kier molecular flexibility index (Phi) is 16.7. The van der Waals surface area contributed by atoms with E-state index in [4.69, 9.17) is 18.8 Å². The molecule has 7 rings (SSSR count). The molecular formula is C50H62BBrF2O6. The number of aldehydes is 2. The van der Waals surface area contributed by atoms with E-state index >= 15 is 0 Å². The fraction of sp³-hybridized carbons (Fsp3) is 0.480. The largest absolute Gasteiger partial charge is 0.494 e. The van der Waals surface area contributed by atoms with Gasteiger partial charge in [0.05, 0.1) is 39.0 Å². The molecule has 1 aliphatic heterocycles. The van der Waals surface area contributed by atoms with Gasteiger partial charge in [-0.3, -0.25) is 9.59 Å². The molecule has 2 aliphatic carbocycles. The van der Waals surface area contributed by atoms with Crippen molar-refractivity contribution in [2.75, 3.05) is 0 Å². The van der Waals surface area contributed by atoms with Crippen LogP contribution >= 0.6 is 15.9 Å². The predicted octanol–water partition coefficient (Wildman–Crippen LogP) is 12.9. The van der Waals surface area contributed by atoms with Crippen LogP contribution < -0.4 is 14.9 Å². The third-order valence-electron chi connectivity index (χ3n) is 12.8. The molecule has 3 aliphatic rings. The van der Waals surface area contributed by atoms with Crippen molar-refractivity contribution in [3.05, 3.63) is 112 Å². The Morgan fingerprint density at radius 3 is 1.45 bits per heavy atom. The van der Waals surface area contributed by atoms with E-state index in [1.165, 1.54) is 50.7 Å². The summed E-state index contributed by atoms with van der Waals surface area (Å²) in [6, 6.07) is 25.1. The molecule has 0 bridgehead atoms. The lowest BCUT2D eigenvalue weighted by atomic mass is 9.79. The zero-order valence-electron chi connectivity index (χ0n) is 36.5. The molecule has 0 unspecified atom stereocenters. The maximum atomic E-state index is 14.3. The summed E-state index contributed by atoms with van der Waals surface area (Å²) in [5.41, 5.74) is 1.79. The molecule has 0 radical (unpaired) electrons. The highest BCUT2D eigenvalue weighted by atomic mass is 79.9. The third kappa shape index (κ3) is 12.4. The Bertz CT molecular complexity index is 1970. The summed E-state index contributed by atoms with van der Waals surface area (Å²) >= 11 is 2.95. The van der Waals surface area contributed by atoms with Crippen LogP contribution in [0.5, 0.6) is 11.5 Å². The molecule has 0 spiro atoms. The van der Waals surface area contributed by atoms with Crippen LogP contribution in [0.15, 0.2) is 89.4 Å². The lowest BCUT2D eigenvalue weighted by Crippen LogP contribution is -2.41. The number of rotatable bonds is 10. The summed E-state index contributed by atoms with van der Waals surface area (Å²) in [5, 5.41) is 0. The number of carbonyl (C=O) groups excluding carboxylic acids is 2. The van der Waals surface area contributed by atoms with Gasteiger partial charge in [-0.05, 0) is 172 Å². The molecule has 4 aromatic rings. The Labute approximate surface area is 365 Å². The Balaban J connectivity index is 0.000000186. The highest BCUT2D eigenvalue weighted by Gasteiger charge is 2.51. The van der Waals surface area contributed by atoms with Gasteiger partial charge in [-0.1, -0.05) is 70.2 Å². The van der Waals surface area contributed by atoms with Crippen LogP contribution in [-0.4, -0.2) is 43.1 Å². The Morgan fingerprint density at radius 1 is 0.617 bits per heavy atom. The lowest BCUT2D eigenvalue weighted by molar-refractivity contribution is 0.00578. The number of halogens is 3. The van der Waals surface area contributed by atoms with E-state index in [0.29, 0.717) is 28.7 Å². The fourth-order valence-corrected chi connectivity index (χ4v) is 8.38. The van der Waals surface area contributed by atoms with Gasteiger partial charge in [-0.25, -0.2) is 8.78 Å². The van der Waals surface area contributed by atoms with Gasteiger partial charge in [0.2, 0.25) is 0 Å². The van der Waals surface area contributed by atoms with Gasteiger partial charge in [0.25, 0.3) is 0 Å². The topological polar surface area (TPSA) is 71.1 Å². The molecule has 0 atom stereocenters. The predicted molar refractivity (Wildman–Crippen MR) is 241 cm³/mol. The van der Waals surface area contributed by atoms with Crippen LogP contribution in [0.25, 0.3) is 11.1 Å². The molecule has 3 fully saturated rings. The normalized spacial score (nSPS) is 21.9. The zero-order valence-corrected chi connectivity index (χ0v) is 38.1. The average Bonchev–Trinajstić information content (AvgIpc) is 3.46. The Morgan fingerprint density at radius 2 is 1.03 bits per heavy atom. The molecular weight excluding hydrogens is 825 g/mol. The van der Waals surface area contributed by atoms with Gasteiger partial charge in [0.15, 0.2) is 12.6 Å². The van der Waals surface area contributed by atoms with Crippen molar-refractivity contribution in [1.82, 2.24) is 0 Å². The maximum Gasteiger partial charge on any atom is 0.494 e. The van der Waals surface area contributed by atoms with Gasteiger partial charge in [-0.2, -0.15) is 0 Å². The van der Waals surface area contributed by atoms with Crippen molar-refractivity contribution in [3.63, 3.8) is 0 Å². The zero-order chi connectivity index (χ0) is 43.6. The van der Waals surface area contributed by atoms with Crippen LogP contribution in [0.1, 0.15) is 127 Å². The van der Waals surface area contributed by atoms with Crippen LogP contribution in [0.2, 0.25) is 0 Å². The van der Waals surface area contributed by atoms with E-state index in [9.17, 15) is 18.4 Å². The van der Waals surface area contributed by atoms with Crippen molar-refractivity contribution in [3.8, 4) is 22.6 Å². The van der Waals surface area contributed by atoms with E-state index in [-0.39, 0.29) is 35.6 Å². The van der Waals surface area contributed by atoms with Crippen molar-refractivity contribution >= 4 is 41.1 Å². The molecule has 0 amide bonds. The molecule has 60 heavy (non-hydrogen) atoms. The first-order valence-electron chi connectivity index (χ1n) is 21.5. The molecule has 2 saturated carbocycles. The highest BCUT2D eigenvalue weighted by molar-refractivity contribution is 9.10. The Hall–Kier alpha value is -3.86. The number of hydrogen-bond acceptors (Lipinski definition) is 6. The molecule has 10 heteroatoms. The van der Waals surface area contributed by atoms with E-state index in [2.05, 4.69) is 95.6 Å². The van der Waals surface area contributed by atoms with E-state index in [1.54, 1.807) is 24.3 Å². The van der Waals surface area contributed by atoms with Gasteiger partial charge in [0, 0.05) is 5.56 Å². The molecule has 6 nitrogen and oxygen atoms in total. The SMILES string of the molecule is CC(C)C1CCC(Oc2ccc(-c3cccc(C=O)c3F)cc2)CC1.CC(C)C1CCC(Oc2ccc(B3OC(C)(C)C(C)(C)O3)cc2)CC1.O=Cc1cccc(Br)c1F. The highest BCUT2D eigenvalue weighted by Crippen LogP contribution is 2.37. The molecule has 322 valence electrons. The smallest absolute Gasteiger partial charge is 0.490 e. The number of ether oxygens (including phenoxy) is 2. The van der Waals surface area contributed by atoms with Gasteiger partial charge in [0.1, 0.15) is 23.1 Å². The summed E-state index contributed by atoms with van der Waals surface area (Å²) in [6.07, 6.45) is 11.2. The van der Waals surface area contributed by atoms with E-state index in [1.807, 2.05) is 24.3 Å². The first kappa shape index (κ1) is 47.2. The minimum absolute atomic E-state index is 0.0781. The van der Waals surface area contributed by atoms with Gasteiger partial charge < -0.3 is 18.8 Å². The minimum Gasteiger partial charge on any atom is -0.490 e. The second-order valence-electron chi connectivity index (χ2n) is 18.1. The van der Waals surface area contributed by atoms with Crippen molar-refractivity contribution in [1.29, 1.82) is 0 Å². The van der Waals surface area contributed by atoms with Crippen LogP contribution in [0.4, 0.5) is 8.78 Å². The van der Waals surface area contributed by atoms with Crippen LogP contribution in [0, 0.1) is 35.3 Å². The molecule has 1 heterocycles. The quantitative estimate of drug-likeness (QED) is 0.117. The van der Waals surface area contributed by atoms with E-state index < -0.39 is 11.6 Å². The number of hydrogen-bond donors (Lipinski definition) is 0. The average molecular weight is 888 g/mol. The summed E-state index contributed by atoms with van der Waals surface area (Å²) < 4.78 is 51.8. The summed E-state index contributed by atoms with van der Waals surface area (Å²) in [4.78, 5) is 21.0. The van der Waals surface area contributed by atoms with Crippen LogP contribution in [-0.2, 0) is 9.31 Å². The summed E-state index contributed by atoms with van der Waals surface area (Å²) in [6.45, 7) is 17.6. The van der Waals surface area contributed by atoms with Crippen molar-refractivity contribution in [2.45, 2.75) is 130 Å². The van der Waals surface area contributed by atoms with Gasteiger partial charge in [-0.15, -0.1) is 0 Å². The summed E-state index contributed by atoms with van der Waals surface area (Å²) in [5.74, 6) is 4.02. The van der Waals surface area contributed by atoms with E-state index in [0.717, 1.165) is 59.0 Å². The molecule has 4 aromatic carbocycles. The first-order chi connectivity index (χ1) is 28.5. The number of benzene rings is 4. The molecule has 0 N–H and O–H groups in total. The fourth-order valence-electron chi connectivity index (χ4n) is 8.00. The first-order valence-corrected chi connectivity index (χ1v) is 22.3. The third-order valence-corrected chi connectivity index (χ3v) is 13.4. The lowest BCUT2D eigenvalue weighted by Gasteiger charge is -2.32. The standard InChI is InChI=1S/C22H25FO2.C21H33BO3.C7H4BrFO/c1-15(2)16-6-10-19(11-7-16)25-20-12-8-17(9-13-20)21-5-3-4-18(14-24)22(21)23;1-15(2)16-7-11-18(12-8-16)23-19-13-9-17(10-14-19)22-24-20(3,4)21(5,6)25-22;8-6-3-1-2-5(4-10)7(6)9/h3-5,8-9,12-16,19H,6-7,10-11H2,1-2H3;9-10,13-16,18H,7-8,11-12H2,1-6H3;1-4H. The van der Waals surface area contributed by atoms with Crippen molar-refractivity contribution in [2.24, 2.45) is 23.7 Å². The van der Waals surface area contributed by atoms with Gasteiger partial charge >= 0.3 is 7.12 Å². The molecule has 0 aromatic heterocycles. The maximum absolute atomic E-state index is 14.3. The van der Waals surface area contributed by atoms with Crippen LogP contribution in [0.3, 0.4) is 0 Å².